The summed E-state index contributed by atoms with van der Waals surface area (Å²) in [4.78, 5) is 0. The van der Waals surface area contributed by atoms with Crippen LogP contribution in [-0.2, 0) is 4.74 Å². The van der Waals surface area contributed by atoms with Crippen LogP contribution in [0.1, 0.15) is 27.2 Å². The number of hydrogen-bond donors (Lipinski definition) is 1. The van der Waals surface area contributed by atoms with Crippen molar-refractivity contribution in [1.82, 2.24) is 0 Å². The van der Waals surface area contributed by atoms with E-state index in [9.17, 15) is 0 Å². The standard InChI is InChI=1S/C8H19NO/c1-5-7(9)8(10-4)6(2)3/h6-8H,5,9H2,1-4H3/t7-,8?/m0/s1. The molecule has 62 valence electrons. The molecule has 2 N–H and O–H groups in total. The van der Waals surface area contributed by atoms with E-state index in [1.165, 1.54) is 0 Å². The fraction of sp³-hybridized carbons (Fsp3) is 1.00. The largest absolute Gasteiger partial charge is 0.380 e. The number of ether oxygens (including phenoxy) is 1. The van der Waals surface area contributed by atoms with E-state index >= 15 is 0 Å². The SMILES string of the molecule is CC[C@H](N)C(OC)C(C)C. The molecule has 0 radical (unpaired) electrons. The van der Waals surface area contributed by atoms with Gasteiger partial charge in [0.15, 0.2) is 0 Å². The second kappa shape index (κ2) is 4.69. The molecule has 0 bridgehead atoms. The molecule has 1 unspecified atom stereocenters. The maximum atomic E-state index is 5.80. The molecule has 0 saturated heterocycles. The van der Waals surface area contributed by atoms with Crippen LogP contribution in [0.4, 0.5) is 0 Å². The first-order chi connectivity index (χ1) is 4.63. The number of methoxy groups -OCH3 is 1. The summed E-state index contributed by atoms with van der Waals surface area (Å²) in [5, 5.41) is 0. The lowest BCUT2D eigenvalue weighted by Crippen LogP contribution is -2.39. The molecule has 0 aromatic carbocycles. The van der Waals surface area contributed by atoms with E-state index in [-0.39, 0.29) is 12.1 Å². The second-order valence-electron chi connectivity index (χ2n) is 3.02. The molecule has 0 amide bonds. The maximum absolute atomic E-state index is 5.80. The normalized spacial score (nSPS) is 17.4. The van der Waals surface area contributed by atoms with Gasteiger partial charge in [0.25, 0.3) is 0 Å². The fourth-order valence-corrected chi connectivity index (χ4v) is 1.17. The van der Waals surface area contributed by atoms with Gasteiger partial charge < -0.3 is 10.5 Å². The molecule has 0 aromatic rings. The first kappa shape index (κ1) is 9.92. The van der Waals surface area contributed by atoms with E-state index < -0.39 is 0 Å². The minimum absolute atomic E-state index is 0.185. The summed E-state index contributed by atoms with van der Waals surface area (Å²) in [5.74, 6) is 0.514. The highest BCUT2D eigenvalue weighted by Crippen LogP contribution is 2.10. The average molecular weight is 145 g/mol. The Morgan fingerprint density at radius 3 is 2.00 bits per heavy atom. The Labute approximate surface area is 63.7 Å². The van der Waals surface area contributed by atoms with E-state index in [4.69, 9.17) is 10.5 Å². The first-order valence-electron chi connectivity index (χ1n) is 3.91. The molecule has 0 rings (SSSR count). The van der Waals surface area contributed by atoms with Crippen LogP contribution in [0, 0.1) is 5.92 Å². The highest BCUT2D eigenvalue weighted by molar-refractivity contribution is 4.74. The van der Waals surface area contributed by atoms with Crippen LogP contribution in [0.25, 0.3) is 0 Å². The molecule has 2 heteroatoms. The fourth-order valence-electron chi connectivity index (χ4n) is 1.17. The van der Waals surface area contributed by atoms with Crippen molar-refractivity contribution in [3.63, 3.8) is 0 Å². The zero-order valence-electron chi connectivity index (χ0n) is 7.42. The smallest absolute Gasteiger partial charge is 0.0744 e. The monoisotopic (exact) mass is 145 g/mol. The minimum atomic E-state index is 0.185. The zero-order chi connectivity index (χ0) is 8.15. The summed E-state index contributed by atoms with van der Waals surface area (Å²) in [6.07, 6.45) is 1.20. The van der Waals surface area contributed by atoms with Crippen molar-refractivity contribution in [2.75, 3.05) is 7.11 Å². The number of hydrogen-bond acceptors (Lipinski definition) is 2. The van der Waals surface area contributed by atoms with Crippen molar-refractivity contribution in [3.8, 4) is 0 Å². The third-order valence-electron chi connectivity index (χ3n) is 1.82. The Kier molecular flexibility index (Phi) is 4.65. The number of rotatable bonds is 4. The van der Waals surface area contributed by atoms with E-state index in [1.54, 1.807) is 7.11 Å². The lowest BCUT2D eigenvalue weighted by Gasteiger charge is -2.24. The predicted molar refractivity (Wildman–Crippen MR) is 43.9 cm³/mol. The molecule has 0 heterocycles. The van der Waals surface area contributed by atoms with Crippen LogP contribution in [0.2, 0.25) is 0 Å². The summed E-state index contributed by atoms with van der Waals surface area (Å²) in [7, 11) is 1.72. The average Bonchev–Trinajstić information content (AvgIpc) is 1.88. The van der Waals surface area contributed by atoms with Gasteiger partial charge >= 0.3 is 0 Å². The third-order valence-corrected chi connectivity index (χ3v) is 1.82. The molecular formula is C8H19NO. The van der Waals surface area contributed by atoms with Crippen molar-refractivity contribution in [2.24, 2.45) is 11.7 Å². The van der Waals surface area contributed by atoms with Crippen LogP contribution < -0.4 is 5.73 Å². The van der Waals surface area contributed by atoms with Gasteiger partial charge in [-0.3, -0.25) is 0 Å². The number of nitrogens with two attached hydrogens (primary N) is 1. The predicted octanol–water partition coefficient (Wildman–Crippen LogP) is 1.39. The van der Waals surface area contributed by atoms with Gasteiger partial charge in [0, 0.05) is 13.2 Å². The minimum Gasteiger partial charge on any atom is -0.380 e. The Morgan fingerprint density at radius 1 is 1.40 bits per heavy atom. The molecule has 0 aliphatic heterocycles. The Hall–Kier alpha value is -0.0800. The van der Waals surface area contributed by atoms with Gasteiger partial charge in [0.2, 0.25) is 0 Å². The van der Waals surface area contributed by atoms with Crippen molar-refractivity contribution < 1.29 is 4.74 Å². The quantitative estimate of drug-likeness (QED) is 0.649. The van der Waals surface area contributed by atoms with Gasteiger partial charge in [0.1, 0.15) is 0 Å². The van der Waals surface area contributed by atoms with Crippen LogP contribution in [0.3, 0.4) is 0 Å². The van der Waals surface area contributed by atoms with Crippen LogP contribution in [-0.4, -0.2) is 19.3 Å². The Morgan fingerprint density at radius 2 is 1.90 bits per heavy atom. The summed E-state index contributed by atoms with van der Waals surface area (Å²) >= 11 is 0. The molecule has 2 nitrogen and oxygen atoms in total. The van der Waals surface area contributed by atoms with Crippen molar-refractivity contribution in [3.05, 3.63) is 0 Å². The second-order valence-corrected chi connectivity index (χ2v) is 3.02. The highest BCUT2D eigenvalue weighted by Gasteiger charge is 2.18. The Balaban J connectivity index is 3.80. The van der Waals surface area contributed by atoms with Crippen LogP contribution >= 0.6 is 0 Å². The zero-order valence-corrected chi connectivity index (χ0v) is 7.42. The molecule has 0 aromatic heterocycles. The summed E-state index contributed by atoms with van der Waals surface area (Å²) in [6, 6.07) is 0.185. The van der Waals surface area contributed by atoms with E-state index in [0.29, 0.717) is 5.92 Å². The first-order valence-corrected chi connectivity index (χ1v) is 3.91. The van der Waals surface area contributed by atoms with Gasteiger partial charge in [-0.15, -0.1) is 0 Å². The van der Waals surface area contributed by atoms with Crippen LogP contribution in [0.15, 0.2) is 0 Å². The molecule has 2 atom stereocenters. The summed E-state index contributed by atoms with van der Waals surface area (Å²) in [5.41, 5.74) is 5.80. The van der Waals surface area contributed by atoms with E-state index in [1.807, 2.05) is 0 Å². The molecular weight excluding hydrogens is 126 g/mol. The summed E-state index contributed by atoms with van der Waals surface area (Å²) in [6.45, 7) is 6.34. The third kappa shape index (κ3) is 2.67. The Bertz CT molecular complexity index is 83.3. The molecule has 0 saturated carbocycles. The van der Waals surface area contributed by atoms with Gasteiger partial charge in [0.05, 0.1) is 6.10 Å². The van der Waals surface area contributed by atoms with Crippen molar-refractivity contribution >= 4 is 0 Å². The lowest BCUT2D eigenvalue weighted by atomic mass is 9.98. The molecule has 10 heavy (non-hydrogen) atoms. The van der Waals surface area contributed by atoms with Crippen LogP contribution in [0.5, 0.6) is 0 Å². The van der Waals surface area contributed by atoms with Gasteiger partial charge in [-0.25, -0.2) is 0 Å². The molecule has 0 spiro atoms. The molecule has 0 fully saturated rings. The summed E-state index contributed by atoms with van der Waals surface area (Å²) < 4.78 is 5.24. The topological polar surface area (TPSA) is 35.2 Å². The van der Waals surface area contributed by atoms with Crippen molar-refractivity contribution in [2.45, 2.75) is 39.3 Å². The van der Waals surface area contributed by atoms with E-state index in [0.717, 1.165) is 6.42 Å². The highest BCUT2D eigenvalue weighted by atomic mass is 16.5. The maximum Gasteiger partial charge on any atom is 0.0744 e. The van der Waals surface area contributed by atoms with Crippen molar-refractivity contribution in [1.29, 1.82) is 0 Å². The molecule has 0 aliphatic carbocycles. The van der Waals surface area contributed by atoms with E-state index in [2.05, 4.69) is 20.8 Å². The van der Waals surface area contributed by atoms with Gasteiger partial charge in [-0.05, 0) is 12.3 Å². The lowest BCUT2D eigenvalue weighted by molar-refractivity contribution is 0.0431. The molecule has 0 aliphatic rings. The van der Waals surface area contributed by atoms with Gasteiger partial charge in [-0.1, -0.05) is 20.8 Å². The van der Waals surface area contributed by atoms with Gasteiger partial charge in [-0.2, -0.15) is 0 Å².